The summed E-state index contributed by atoms with van der Waals surface area (Å²) >= 11 is 3.26. The number of Topliss-reactive ketones (excluding diaryl/α,β-unsaturated/α-hetero) is 1. The summed E-state index contributed by atoms with van der Waals surface area (Å²) in [5, 5.41) is 0.519. The van der Waals surface area contributed by atoms with Crippen molar-refractivity contribution in [1.82, 2.24) is 0 Å². The van der Waals surface area contributed by atoms with Crippen LogP contribution in [0.1, 0.15) is 44.9 Å². The van der Waals surface area contributed by atoms with Gasteiger partial charge in [-0.3, -0.25) is 4.79 Å². The number of carbonyl (C=O) groups is 1. The maximum Gasteiger partial charge on any atom is 0.146 e. The van der Waals surface area contributed by atoms with Gasteiger partial charge >= 0.3 is 0 Å². The number of alkyl halides is 1. The Morgan fingerprint density at radius 3 is 2.79 bits per heavy atom. The van der Waals surface area contributed by atoms with Crippen LogP contribution in [0.2, 0.25) is 0 Å². The van der Waals surface area contributed by atoms with Crippen molar-refractivity contribution in [2.45, 2.75) is 44.9 Å². The second-order valence-electron chi connectivity index (χ2n) is 4.00. The summed E-state index contributed by atoms with van der Waals surface area (Å²) in [6.07, 6.45) is 12.8. The van der Waals surface area contributed by atoms with Gasteiger partial charge in [-0.2, -0.15) is 0 Å². The van der Waals surface area contributed by atoms with Gasteiger partial charge < -0.3 is 0 Å². The molecular formula is C12H19BrO. The molecule has 0 radical (unpaired) electrons. The van der Waals surface area contributed by atoms with Crippen LogP contribution in [0.4, 0.5) is 0 Å². The molecule has 0 saturated heterocycles. The molecule has 1 unspecified atom stereocenters. The molecule has 0 spiro atoms. The van der Waals surface area contributed by atoms with Crippen LogP contribution in [-0.2, 0) is 4.79 Å². The van der Waals surface area contributed by atoms with E-state index in [9.17, 15) is 4.79 Å². The van der Waals surface area contributed by atoms with E-state index < -0.39 is 0 Å². The Morgan fingerprint density at radius 2 is 2.00 bits per heavy atom. The van der Waals surface area contributed by atoms with Crippen LogP contribution in [0.5, 0.6) is 0 Å². The van der Waals surface area contributed by atoms with Gasteiger partial charge in [0, 0.05) is 5.92 Å². The number of halogens is 1. The fourth-order valence-electron chi connectivity index (χ4n) is 1.90. The highest BCUT2D eigenvalue weighted by atomic mass is 79.9. The molecule has 1 aliphatic rings. The van der Waals surface area contributed by atoms with Crippen LogP contribution in [-0.4, -0.2) is 11.1 Å². The zero-order chi connectivity index (χ0) is 10.2. The largest absolute Gasteiger partial charge is 0.298 e. The van der Waals surface area contributed by atoms with Crippen molar-refractivity contribution in [3.05, 3.63) is 12.2 Å². The van der Waals surface area contributed by atoms with E-state index in [0.717, 1.165) is 12.8 Å². The molecule has 0 heterocycles. The Kier molecular flexibility index (Phi) is 6.17. The zero-order valence-corrected chi connectivity index (χ0v) is 10.3. The van der Waals surface area contributed by atoms with Gasteiger partial charge in [0.15, 0.2) is 0 Å². The molecule has 80 valence electrons. The van der Waals surface area contributed by atoms with Gasteiger partial charge in [0.1, 0.15) is 5.78 Å². The quantitative estimate of drug-likeness (QED) is 0.543. The maximum absolute atomic E-state index is 11.5. The van der Waals surface area contributed by atoms with Gasteiger partial charge in [-0.05, 0) is 25.7 Å². The summed E-state index contributed by atoms with van der Waals surface area (Å²) in [5.41, 5.74) is 0. The smallest absolute Gasteiger partial charge is 0.146 e. The van der Waals surface area contributed by atoms with Crippen LogP contribution in [0, 0.1) is 5.92 Å². The molecule has 2 heteroatoms. The van der Waals surface area contributed by atoms with Crippen molar-refractivity contribution in [2.24, 2.45) is 5.92 Å². The summed E-state index contributed by atoms with van der Waals surface area (Å²) in [4.78, 5) is 11.5. The minimum absolute atomic E-state index is 0.267. The summed E-state index contributed by atoms with van der Waals surface area (Å²) < 4.78 is 0. The van der Waals surface area contributed by atoms with E-state index in [4.69, 9.17) is 0 Å². The predicted molar refractivity (Wildman–Crippen MR) is 63.8 cm³/mol. The van der Waals surface area contributed by atoms with Gasteiger partial charge in [0.05, 0.1) is 5.33 Å². The molecule has 0 bridgehead atoms. The summed E-state index contributed by atoms with van der Waals surface area (Å²) in [7, 11) is 0. The fraction of sp³-hybridized carbons (Fsp3) is 0.750. The molecule has 1 nitrogen and oxygen atoms in total. The lowest BCUT2D eigenvalue weighted by Gasteiger charge is -2.13. The Hall–Kier alpha value is -0.110. The number of hydrogen-bond donors (Lipinski definition) is 0. The molecule has 0 aromatic heterocycles. The Balaban J connectivity index is 2.45. The van der Waals surface area contributed by atoms with Crippen molar-refractivity contribution in [3.8, 4) is 0 Å². The van der Waals surface area contributed by atoms with Crippen LogP contribution in [0.25, 0.3) is 0 Å². The van der Waals surface area contributed by atoms with E-state index in [1.54, 1.807) is 0 Å². The molecule has 14 heavy (non-hydrogen) atoms. The van der Waals surface area contributed by atoms with Gasteiger partial charge in [-0.1, -0.05) is 47.3 Å². The van der Waals surface area contributed by atoms with Crippen LogP contribution in [0.15, 0.2) is 12.2 Å². The van der Waals surface area contributed by atoms with E-state index in [1.807, 2.05) is 0 Å². The molecule has 1 aliphatic carbocycles. The molecule has 0 saturated carbocycles. The van der Waals surface area contributed by atoms with Gasteiger partial charge in [-0.25, -0.2) is 0 Å². The summed E-state index contributed by atoms with van der Waals surface area (Å²) in [6, 6.07) is 0. The minimum atomic E-state index is 0.267. The first-order valence-electron chi connectivity index (χ1n) is 5.58. The van der Waals surface area contributed by atoms with Crippen molar-refractivity contribution < 1.29 is 4.79 Å². The Morgan fingerprint density at radius 1 is 1.21 bits per heavy atom. The summed E-state index contributed by atoms with van der Waals surface area (Å²) in [5.74, 6) is 0.638. The average Bonchev–Trinajstić information content (AvgIpc) is 2.24. The average molecular weight is 259 g/mol. The zero-order valence-electron chi connectivity index (χ0n) is 8.68. The topological polar surface area (TPSA) is 17.1 Å². The highest BCUT2D eigenvalue weighted by molar-refractivity contribution is 9.09. The lowest BCUT2D eigenvalue weighted by Crippen LogP contribution is -2.15. The van der Waals surface area contributed by atoms with Crippen LogP contribution >= 0.6 is 15.9 Å². The SMILES string of the molecule is O=C(CBr)C1C/C=C\CCCCCC1. The Bertz CT molecular complexity index is 198. The highest BCUT2D eigenvalue weighted by Gasteiger charge is 2.15. The minimum Gasteiger partial charge on any atom is -0.298 e. The van der Waals surface area contributed by atoms with Gasteiger partial charge in [0.2, 0.25) is 0 Å². The molecule has 0 aromatic rings. The lowest BCUT2D eigenvalue weighted by molar-refractivity contribution is -0.120. The molecule has 1 rings (SSSR count). The molecule has 0 N–H and O–H groups in total. The number of allylic oxidation sites excluding steroid dienone is 2. The third-order valence-corrected chi connectivity index (χ3v) is 3.40. The maximum atomic E-state index is 11.5. The highest BCUT2D eigenvalue weighted by Crippen LogP contribution is 2.19. The molecule has 0 aliphatic heterocycles. The van der Waals surface area contributed by atoms with E-state index in [2.05, 4.69) is 28.1 Å². The monoisotopic (exact) mass is 258 g/mol. The van der Waals surface area contributed by atoms with E-state index in [0.29, 0.717) is 11.1 Å². The lowest BCUT2D eigenvalue weighted by atomic mass is 9.92. The molecule has 1 atom stereocenters. The first-order valence-corrected chi connectivity index (χ1v) is 6.70. The van der Waals surface area contributed by atoms with E-state index in [-0.39, 0.29) is 5.92 Å². The first-order chi connectivity index (χ1) is 6.84. The van der Waals surface area contributed by atoms with Crippen molar-refractivity contribution in [3.63, 3.8) is 0 Å². The second kappa shape index (κ2) is 7.22. The van der Waals surface area contributed by atoms with E-state index in [1.165, 1.54) is 32.1 Å². The van der Waals surface area contributed by atoms with Crippen LogP contribution < -0.4 is 0 Å². The van der Waals surface area contributed by atoms with E-state index >= 15 is 0 Å². The number of carbonyl (C=O) groups excluding carboxylic acids is 1. The third kappa shape index (κ3) is 4.41. The number of hydrogen-bond acceptors (Lipinski definition) is 1. The molecule has 0 amide bonds. The standard InChI is InChI=1S/C12H19BrO/c13-10-12(14)11-8-6-4-2-1-3-5-7-9-11/h4,6,11H,1-3,5,7-10H2/b6-4-. The second-order valence-corrected chi connectivity index (χ2v) is 4.56. The van der Waals surface area contributed by atoms with Crippen molar-refractivity contribution in [2.75, 3.05) is 5.33 Å². The van der Waals surface area contributed by atoms with Crippen LogP contribution in [0.3, 0.4) is 0 Å². The summed E-state index contributed by atoms with van der Waals surface area (Å²) in [6.45, 7) is 0. The fourth-order valence-corrected chi connectivity index (χ4v) is 2.36. The molecule has 0 aromatic carbocycles. The first kappa shape index (κ1) is 12.0. The number of rotatable bonds is 2. The molecular weight excluding hydrogens is 240 g/mol. The predicted octanol–water partition coefficient (Wildman–Crippen LogP) is 3.87. The number of ketones is 1. The van der Waals surface area contributed by atoms with Crippen molar-refractivity contribution >= 4 is 21.7 Å². The van der Waals surface area contributed by atoms with Gasteiger partial charge in [-0.15, -0.1) is 0 Å². The van der Waals surface area contributed by atoms with Crippen molar-refractivity contribution in [1.29, 1.82) is 0 Å². The third-order valence-electron chi connectivity index (χ3n) is 2.85. The van der Waals surface area contributed by atoms with Gasteiger partial charge in [0.25, 0.3) is 0 Å². The normalized spacial score (nSPS) is 26.8. The Labute approximate surface area is 95.1 Å². The molecule has 0 fully saturated rings.